The van der Waals surface area contributed by atoms with Crippen molar-refractivity contribution >= 4 is 27.5 Å². The Bertz CT molecular complexity index is 628. The molecule has 2 aromatic rings. The number of anilines is 1. The van der Waals surface area contributed by atoms with Crippen LogP contribution < -0.4 is 10.1 Å². The maximum absolute atomic E-state index is 12.1. The van der Waals surface area contributed by atoms with E-state index in [2.05, 4.69) is 21.2 Å². The van der Waals surface area contributed by atoms with Gasteiger partial charge in [-0.3, -0.25) is 4.79 Å². The smallest absolute Gasteiger partial charge is 0.259 e. The van der Waals surface area contributed by atoms with Gasteiger partial charge in [-0.05, 0) is 37.3 Å². The van der Waals surface area contributed by atoms with Crippen LogP contribution in [0.25, 0.3) is 0 Å². The van der Waals surface area contributed by atoms with Gasteiger partial charge in [0.25, 0.3) is 5.91 Å². The molecule has 0 aliphatic carbocycles. The quantitative estimate of drug-likeness (QED) is 0.893. The van der Waals surface area contributed by atoms with Gasteiger partial charge >= 0.3 is 0 Å². The first-order valence-electron chi connectivity index (χ1n) is 6.13. The molecule has 0 saturated carbocycles. The number of nitrogens with one attached hydrogen (secondary N) is 1. The first-order valence-corrected chi connectivity index (χ1v) is 6.92. The fourth-order valence-electron chi connectivity index (χ4n) is 1.72. The third kappa shape index (κ3) is 3.51. The van der Waals surface area contributed by atoms with Crippen molar-refractivity contribution in [1.82, 2.24) is 0 Å². The molecule has 2 N–H and O–H groups in total. The second-order valence-electron chi connectivity index (χ2n) is 4.08. The van der Waals surface area contributed by atoms with Gasteiger partial charge in [0.2, 0.25) is 0 Å². The second kappa shape index (κ2) is 6.43. The van der Waals surface area contributed by atoms with Crippen molar-refractivity contribution in [2.24, 2.45) is 0 Å². The van der Waals surface area contributed by atoms with Gasteiger partial charge < -0.3 is 15.2 Å². The molecule has 4 nitrogen and oxygen atoms in total. The Morgan fingerprint density at radius 2 is 2.10 bits per heavy atom. The van der Waals surface area contributed by atoms with Crippen LogP contribution in [0, 0.1) is 0 Å². The number of carbonyl (C=O) groups excluding carboxylic acids is 1. The van der Waals surface area contributed by atoms with E-state index in [-0.39, 0.29) is 17.2 Å². The molecule has 2 rings (SSSR count). The second-order valence-corrected chi connectivity index (χ2v) is 4.99. The van der Waals surface area contributed by atoms with Crippen LogP contribution in [-0.4, -0.2) is 17.6 Å². The van der Waals surface area contributed by atoms with Crippen LogP contribution in [0.4, 0.5) is 5.69 Å². The molecule has 104 valence electrons. The summed E-state index contributed by atoms with van der Waals surface area (Å²) in [7, 11) is 0. The van der Waals surface area contributed by atoms with E-state index in [1.165, 1.54) is 6.07 Å². The van der Waals surface area contributed by atoms with Crippen molar-refractivity contribution in [3.63, 3.8) is 0 Å². The van der Waals surface area contributed by atoms with Crippen LogP contribution in [-0.2, 0) is 0 Å². The summed E-state index contributed by atoms with van der Waals surface area (Å²) < 4.78 is 6.09. The number of amides is 1. The minimum atomic E-state index is -0.377. The number of phenols is 1. The third-order valence-electron chi connectivity index (χ3n) is 2.61. The molecule has 2 aromatic carbocycles. The summed E-state index contributed by atoms with van der Waals surface area (Å²) in [4.78, 5) is 12.1. The minimum absolute atomic E-state index is 0.0633. The molecule has 0 heterocycles. The molecule has 5 heteroatoms. The van der Waals surface area contributed by atoms with Crippen LogP contribution in [0.5, 0.6) is 11.5 Å². The Hall–Kier alpha value is -2.01. The van der Waals surface area contributed by atoms with E-state index in [9.17, 15) is 9.90 Å². The number of aromatic hydroxyl groups is 1. The number of halogens is 1. The van der Waals surface area contributed by atoms with E-state index in [1.807, 2.05) is 13.0 Å². The van der Waals surface area contributed by atoms with Crippen LogP contribution in [0.1, 0.15) is 17.3 Å². The molecule has 20 heavy (non-hydrogen) atoms. The average Bonchev–Trinajstić information content (AvgIpc) is 2.42. The summed E-state index contributed by atoms with van der Waals surface area (Å²) in [5.41, 5.74) is 0.821. The predicted molar refractivity (Wildman–Crippen MR) is 81.4 cm³/mol. The number of ether oxygens (including phenoxy) is 1. The molecule has 0 aliphatic heterocycles. The molecule has 0 aromatic heterocycles. The number of carbonyl (C=O) groups is 1. The van der Waals surface area contributed by atoms with E-state index >= 15 is 0 Å². The van der Waals surface area contributed by atoms with E-state index in [1.54, 1.807) is 30.3 Å². The lowest BCUT2D eigenvalue weighted by atomic mass is 10.2. The van der Waals surface area contributed by atoms with E-state index < -0.39 is 0 Å². The molecular weight excluding hydrogens is 322 g/mol. The zero-order valence-electron chi connectivity index (χ0n) is 10.9. The number of hydrogen-bond acceptors (Lipinski definition) is 3. The first-order chi connectivity index (χ1) is 9.60. The van der Waals surface area contributed by atoms with Gasteiger partial charge in [-0.1, -0.05) is 22.0 Å². The standard InChI is InChI=1S/C15H14BrNO3/c1-2-20-12-5-3-4-11(9-12)17-15(19)13-8-10(16)6-7-14(13)18/h3-9,18H,2H2,1H3,(H,17,19). The molecular formula is C15H14BrNO3. The number of rotatable bonds is 4. The van der Waals surface area contributed by atoms with Crippen LogP contribution in [0.2, 0.25) is 0 Å². The van der Waals surface area contributed by atoms with E-state index in [0.717, 1.165) is 4.47 Å². The largest absolute Gasteiger partial charge is 0.507 e. The zero-order valence-corrected chi connectivity index (χ0v) is 12.5. The Balaban J connectivity index is 2.19. The normalized spacial score (nSPS) is 10.1. The van der Waals surface area contributed by atoms with Gasteiger partial charge in [-0.2, -0.15) is 0 Å². The van der Waals surface area contributed by atoms with Gasteiger partial charge in [0, 0.05) is 16.2 Å². The van der Waals surface area contributed by atoms with Crippen molar-refractivity contribution in [1.29, 1.82) is 0 Å². The van der Waals surface area contributed by atoms with Crippen molar-refractivity contribution in [2.45, 2.75) is 6.92 Å². The lowest BCUT2D eigenvalue weighted by molar-refractivity contribution is 0.102. The van der Waals surface area contributed by atoms with E-state index in [0.29, 0.717) is 18.0 Å². The van der Waals surface area contributed by atoms with Crippen LogP contribution in [0.15, 0.2) is 46.9 Å². The van der Waals surface area contributed by atoms with Gasteiger partial charge in [-0.25, -0.2) is 0 Å². The Kier molecular flexibility index (Phi) is 4.63. The molecule has 0 bridgehead atoms. The highest BCUT2D eigenvalue weighted by molar-refractivity contribution is 9.10. The summed E-state index contributed by atoms with van der Waals surface area (Å²) in [6.07, 6.45) is 0. The SMILES string of the molecule is CCOc1cccc(NC(=O)c2cc(Br)ccc2O)c1. The Morgan fingerprint density at radius 1 is 1.30 bits per heavy atom. The van der Waals surface area contributed by atoms with Crippen molar-refractivity contribution in [3.05, 3.63) is 52.5 Å². The Morgan fingerprint density at radius 3 is 2.85 bits per heavy atom. The average molecular weight is 336 g/mol. The van der Waals surface area contributed by atoms with Gasteiger partial charge in [0.05, 0.1) is 12.2 Å². The highest BCUT2D eigenvalue weighted by atomic mass is 79.9. The van der Waals surface area contributed by atoms with E-state index in [4.69, 9.17) is 4.74 Å². The molecule has 0 radical (unpaired) electrons. The highest BCUT2D eigenvalue weighted by Crippen LogP contribution is 2.24. The Labute approximate surface area is 125 Å². The summed E-state index contributed by atoms with van der Waals surface area (Å²) in [6.45, 7) is 2.45. The minimum Gasteiger partial charge on any atom is -0.507 e. The van der Waals surface area contributed by atoms with Crippen molar-refractivity contribution in [3.8, 4) is 11.5 Å². The zero-order chi connectivity index (χ0) is 14.5. The molecule has 0 fully saturated rings. The summed E-state index contributed by atoms with van der Waals surface area (Å²) in [5.74, 6) is 0.243. The number of phenolic OH excluding ortho intramolecular Hbond substituents is 1. The highest BCUT2D eigenvalue weighted by Gasteiger charge is 2.12. The van der Waals surface area contributed by atoms with Gasteiger partial charge in [-0.15, -0.1) is 0 Å². The van der Waals surface area contributed by atoms with Crippen molar-refractivity contribution < 1.29 is 14.6 Å². The molecule has 0 spiro atoms. The maximum Gasteiger partial charge on any atom is 0.259 e. The van der Waals surface area contributed by atoms with Crippen molar-refractivity contribution in [2.75, 3.05) is 11.9 Å². The molecule has 0 atom stereocenters. The van der Waals surface area contributed by atoms with Crippen LogP contribution in [0.3, 0.4) is 0 Å². The van der Waals surface area contributed by atoms with Gasteiger partial charge in [0.15, 0.2) is 0 Å². The third-order valence-corrected chi connectivity index (χ3v) is 3.10. The lowest BCUT2D eigenvalue weighted by Crippen LogP contribution is -2.12. The summed E-state index contributed by atoms with van der Waals surface area (Å²) in [6, 6.07) is 11.8. The predicted octanol–water partition coefficient (Wildman–Crippen LogP) is 3.81. The topological polar surface area (TPSA) is 58.6 Å². The first kappa shape index (κ1) is 14.4. The fraction of sp³-hybridized carbons (Fsp3) is 0.133. The molecule has 0 unspecified atom stereocenters. The molecule has 1 amide bonds. The summed E-state index contributed by atoms with van der Waals surface area (Å²) >= 11 is 3.27. The molecule has 0 aliphatic rings. The van der Waals surface area contributed by atoms with Gasteiger partial charge in [0.1, 0.15) is 11.5 Å². The number of hydrogen-bond donors (Lipinski definition) is 2. The number of benzene rings is 2. The summed E-state index contributed by atoms with van der Waals surface area (Å²) in [5, 5.41) is 12.4. The fourth-order valence-corrected chi connectivity index (χ4v) is 2.08. The molecule has 0 saturated heterocycles. The van der Waals surface area contributed by atoms with Crippen LogP contribution >= 0.6 is 15.9 Å². The maximum atomic E-state index is 12.1. The monoisotopic (exact) mass is 335 g/mol. The lowest BCUT2D eigenvalue weighted by Gasteiger charge is -2.09.